The fourth-order valence-corrected chi connectivity index (χ4v) is 7.76. The van der Waals surface area contributed by atoms with Gasteiger partial charge in [0.05, 0.1) is 0 Å². The summed E-state index contributed by atoms with van der Waals surface area (Å²) in [4.78, 5) is 0. The Kier molecular flexibility index (Phi) is 5.06. The minimum Gasteiger partial charge on any atom is -0.456 e. The van der Waals surface area contributed by atoms with Crippen LogP contribution < -0.4 is 4.74 Å². The lowest BCUT2D eigenvalue weighted by molar-refractivity contribution is 0.487. The van der Waals surface area contributed by atoms with Gasteiger partial charge in [-0.3, -0.25) is 0 Å². The van der Waals surface area contributed by atoms with Gasteiger partial charge in [-0.25, -0.2) is 0 Å². The van der Waals surface area contributed by atoms with Crippen LogP contribution in [0.3, 0.4) is 0 Å². The Labute approximate surface area is 260 Å². The summed E-state index contributed by atoms with van der Waals surface area (Å²) >= 11 is 0. The lowest BCUT2D eigenvalue weighted by Gasteiger charge is -2.24. The smallest absolute Gasteiger partial charge is 0.135 e. The summed E-state index contributed by atoms with van der Waals surface area (Å²) in [5.74, 6) is 1.82. The van der Waals surface area contributed by atoms with Gasteiger partial charge in [0, 0.05) is 10.9 Å². The Balaban J connectivity index is 1.33. The van der Waals surface area contributed by atoms with Crippen LogP contribution in [0.2, 0.25) is 0 Å². The molecule has 1 aliphatic rings. The topological polar surface area (TPSA) is 9.23 Å². The summed E-state index contributed by atoms with van der Waals surface area (Å²) in [5.41, 5.74) is 7.39. The minimum atomic E-state index is 0.911. The summed E-state index contributed by atoms with van der Waals surface area (Å²) < 4.78 is 6.46. The second kappa shape index (κ2) is 9.29. The van der Waals surface area contributed by atoms with Crippen molar-refractivity contribution in [2.45, 2.75) is 0 Å². The zero-order valence-electron chi connectivity index (χ0n) is 24.4. The monoisotopic (exact) mass is 570 g/mol. The lowest BCUT2D eigenvalue weighted by atomic mass is 9.82. The Hall–Kier alpha value is -5.92. The first-order chi connectivity index (χ1) is 22.3. The molecular weight excluding hydrogens is 544 g/mol. The standard InChI is InChI=1S/C44H26O/c1-2-12-28-27(11-1)23-24-30-29(28)18-9-19-32(30)42-33-14-3-5-16-35(33)43(36-17-6-4-15-34(36)42)39-26-25-38-31-13-7-8-21-40(31)45-41-22-10-20-37(39)44(38)41/h1-26H. The van der Waals surface area contributed by atoms with Crippen molar-refractivity contribution < 1.29 is 4.74 Å². The first kappa shape index (κ1) is 24.5. The molecule has 0 fully saturated rings. The maximum Gasteiger partial charge on any atom is 0.135 e. The summed E-state index contributed by atoms with van der Waals surface area (Å²) in [5, 5.41) is 12.5. The molecule has 0 unspecified atom stereocenters. The highest BCUT2D eigenvalue weighted by Gasteiger charge is 2.24. The fraction of sp³-hybridized carbons (Fsp3) is 0. The highest BCUT2D eigenvalue weighted by molar-refractivity contribution is 6.27. The van der Waals surface area contributed by atoms with Gasteiger partial charge in [0.1, 0.15) is 11.5 Å². The van der Waals surface area contributed by atoms with E-state index in [4.69, 9.17) is 4.74 Å². The third-order valence-corrected chi connectivity index (χ3v) is 9.66. The highest BCUT2D eigenvalue weighted by atomic mass is 16.5. The van der Waals surface area contributed by atoms with E-state index in [1.165, 1.54) is 81.7 Å². The molecule has 0 amide bonds. The Morgan fingerprint density at radius 3 is 1.53 bits per heavy atom. The number of fused-ring (bicyclic) bond motifs is 7. The molecule has 9 aromatic rings. The molecule has 0 atom stereocenters. The van der Waals surface area contributed by atoms with E-state index in [0.29, 0.717) is 0 Å². The highest BCUT2D eigenvalue weighted by Crippen LogP contribution is 2.51. The molecule has 9 aromatic carbocycles. The molecule has 0 bridgehead atoms. The molecule has 1 nitrogen and oxygen atoms in total. The van der Waals surface area contributed by atoms with E-state index < -0.39 is 0 Å². The predicted molar refractivity (Wildman–Crippen MR) is 190 cm³/mol. The molecule has 0 spiro atoms. The maximum absolute atomic E-state index is 6.46. The van der Waals surface area contributed by atoms with Gasteiger partial charge in [-0.2, -0.15) is 0 Å². The molecule has 0 N–H and O–H groups in total. The molecule has 1 heteroatoms. The van der Waals surface area contributed by atoms with Crippen LogP contribution in [0.15, 0.2) is 158 Å². The molecule has 45 heavy (non-hydrogen) atoms. The van der Waals surface area contributed by atoms with Gasteiger partial charge in [-0.15, -0.1) is 0 Å². The number of para-hydroxylation sites is 1. The molecular formula is C44H26O. The maximum atomic E-state index is 6.46. The van der Waals surface area contributed by atoms with Gasteiger partial charge in [-0.1, -0.05) is 146 Å². The molecule has 1 heterocycles. The zero-order chi connectivity index (χ0) is 29.5. The first-order valence-electron chi connectivity index (χ1n) is 15.5. The van der Waals surface area contributed by atoms with Gasteiger partial charge in [0.15, 0.2) is 0 Å². The van der Waals surface area contributed by atoms with Gasteiger partial charge in [-0.05, 0) is 88.4 Å². The molecule has 0 saturated carbocycles. The average molecular weight is 571 g/mol. The number of hydrogen-bond acceptors (Lipinski definition) is 1. The van der Waals surface area contributed by atoms with Crippen LogP contribution in [-0.4, -0.2) is 0 Å². The largest absolute Gasteiger partial charge is 0.456 e. The molecule has 0 saturated heterocycles. The lowest BCUT2D eigenvalue weighted by Crippen LogP contribution is -1.98. The van der Waals surface area contributed by atoms with Crippen molar-refractivity contribution in [1.29, 1.82) is 0 Å². The van der Waals surface area contributed by atoms with Crippen molar-refractivity contribution in [3.63, 3.8) is 0 Å². The van der Waals surface area contributed by atoms with Gasteiger partial charge in [0.2, 0.25) is 0 Å². The SMILES string of the molecule is c1ccc2c(c1)Oc1cccc3c(-c4c5ccccc5c(-c5cccc6c5ccc5ccccc56)c5ccccc45)ccc-2c13. The van der Waals surface area contributed by atoms with E-state index in [0.717, 1.165) is 17.1 Å². The third kappa shape index (κ3) is 3.44. The first-order valence-corrected chi connectivity index (χ1v) is 15.5. The normalized spacial score (nSPS) is 12.2. The van der Waals surface area contributed by atoms with Crippen LogP contribution >= 0.6 is 0 Å². The Morgan fingerprint density at radius 2 is 0.778 bits per heavy atom. The van der Waals surface area contributed by atoms with Crippen LogP contribution in [0, 0.1) is 0 Å². The molecule has 1 aliphatic heterocycles. The summed E-state index contributed by atoms with van der Waals surface area (Å²) in [7, 11) is 0. The third-order valence-electron chi connectivity index (χ3n) is 9.66. The van der Waals surface area contributed by atoms with Gasteiger partial charge in [0.25, 0.3) is 0 Å². The van der Waals surface area contributed by atoms with E-state index in [-0.39, 0.29) is 0 Å². The molecule has 0 aromatic heterocycles. The van der Waals surface area contributed by atoms with E-state index in [9.17, 15) is 0 Å². The van der Waals surface area contributed by atoms with Crippen molar-refractivity contribution in [3.05, 3.63) is 158 Å². The van der Waals surface area contributed by atoms with E-state index in [1.54, 1.807) is 0 Å². The van der Waals surface area contributed by atoms with E-state index in [2.05, 4.69) is 152 Å². The second-order valence-electron chi connectivity index (χ2n) is 12.0. The number of hydrogen-bond donors (Lipinski definition) is 0. The van der Waals surface area contributed by atoms with Crippen LogP contribution in [-0.2, 0) is 0 Å². The van der Waals surface area contributed by atoms with Crippen molar-refractivity contribution >= 4 is 53.9 Å². The van der Waals surface area contributed by atoms with Gasteiger partial charge >= 0.3 is 0 Å². The number of rotatable bonds is 2. The Bertz CT molecular complexity index is 2620. The molecule has 0 radical (unpaired) electrons. The van der Waals surface area contributed by atoms with Crippen LogP contribution in [0.1, 0.15) is 0 Å². The fourth-order valence-electron chi connectivity index (χ4n) is 7.76. The average Bonchev–Trinajstić information content (AvgIpc) is 3.11. The second-order valence-corrected chi connectivity index (χ2v) is 12.0. The quantitative estimate of drug-likeness (QED) is 0.148. The Morgan fingerprint density at radius 1 is 0.267 bits per heavy atom. The summed E-state index contributed by atoms with van der Waals surface area (Å²) in [6, 6.07) is 57.3. The van der Waals surface area contributed by atoms with Crippen LogP contribution in [0.25, 0.3) is 87.2 Å². The number of benzene rings is 9. The van der Waals surface area contributed by atoms with Gasteiger partial charge < -0.3 is 4.74 Å². The van der Waals surface area contributed by atoms with Crippen LogP contribution in [0.4, 0.5) is 0 Å². The van der Waals surface area contributed by atoms with E-state index >= 15 is 0 Å². The zero-order valence-corrected chi connectivity index (χ0v) is 24.4. The van der Waals surface area contributed by atoms with Crippen molar-refractivity contribution in [2.75, 3.05) is 0 Å². The van der Waals surface area contributed by atoms with Crippen molar-refractivity contribution in [2.24, 2.45) is 0 Å². The number of ether oxygens (including phenoxy) is 1. The summed E-state index contributed by atoms with van der Waals surface area (Å²) in [6.07, 6.45) is 0. The summed E-state index contributed by atoms with van der Waals surface area (Å²) in [6.45, 7) is 0. The molecule has 208 valence electrons. The molecule has 10 rings (SSSR count). The van der Waals surface area contributed by atoms with Crippen LogP contribution in [0.5, 0.6) is 11.5 Å². The van der Waals surface area contributed by atoms with Crippen molar-refractivity contribution in [1.82, 2.24) is 0 Å². The molecule has 0 aliphatic carbocycles. The van der Waals surface area contributed by atoms with Crippen molar-refractivity contribution in [3.8, 4) is 44.9 Å². The minimum absolute atomic E-state index is 0.911. The van der Waals surface area contributed by atoms with E-state index in [1.807, 2.05) is 6.07 Å². The predicted octanol–water partition coefficient (Wildman–Crippen LogP) is 12.6.